The highest BCUT2D eigenvalue weighted by Gasteiger charge is 2.22. The largest absolute Gasteiger partial charge is 0.760 e. The number of benzene rings is 1. The van der Waals surface area contributed by atoms with Crippen LogP contribution in [0.25, 0.3) is 11.1 Å². The summed E-state index contributed by atoms with van der Waals surface area (Å²) in [6.45, 7) is 6.22. The third-order valence-corrected chi connectivity index (χ3v) is 4.10. The van der Waals surface area contributed by atoms with Crippen LogP contribution in [-0.2, 0) is 23.2 Å². The van der Waals surface area contributed by atoms with Crippen LogP contribution >= 0.6 is 0 Å². The topological polar surface area (TPSA) is 94.2 Å². The van der Waals surface area contributed by atoms with Crippen LogP contribution in [0, 0.1) is 0 Å². The summed E-state index contributed by atoms with van der Waals surface area (Å²) in [7, 11) is 1.57. The van der Waals surface area contributed by atoms with Gasteiger partial charge < -0.3 is 14.3 Å². The molecule has 0 amide bonds. The smallest absolute Gasteiger partial charge is 0.255 e. The highest BCUT2D eigenvalue weighted by Crippen LogP contribution is 2.36. The van der Waals surface area contributed by atoms with Gasteiger partial charge in [0.15, 0.2) is 0 Å². The van der Waals surface area contributed by atoms with E-state index in [-0.39, 0.29) is 17.5 Å². The van der Waals surface area contributed by atoms with E-state index in [1.54, 1.807) is 31.5 Å². The van der Waals surface area contributed by atoms with Gasteiger partial charge in [-0.2, -0.15) is 0 Å². The zero-order valence-electron chi connectivity index (χ0n) is 14.1. The molecule has 6 nitrogen and oxygen atoms in total. The van der Waals surface area contributed by atoms with E-state index < -0.39 is 11.3 Å². The van der Waals surface area contributed by atoms with Gasteiger partial charge in [0.25, 0.3) is 5.56 Å². The van der Waals surface area contributed by atoms with E-state index in [0.717, 1.165) is 5.56 Å². The first-order valence-corrected chi connectivity index (χ1v) is 8.53. The molecule has 0 saturated carbocycles. The van der Waals surface area contributed by atoms with Crippen LogP contribution in [0.2, 0.25) is 0 Å². The fourth-order valence-corrected chi connectivity index (χ4v) is 2.82. The lowest BCUT2D eigenvalue weighted by atomic mass is 9.83. The van der Waals surface area contributed by atoms with Crippen LogP contribution in [0.15, 0.2) is 35.3 Å². The molecule has 0 saturated heterocycles. The molecule has 1 atom stereocenters. The lowest BCUT2D eigenvalue weighted by Crippen LogP contribution is -2.19. The van der Waals surface area contributed by atoms with E-state index in [9.17, 15) is 13.6 Å². The van der Waals surface area contributed by atoms with Crippen molar-refractivity contribution in [3.05, 3.63) is 51.9 Å². The van der Waals surface area contributed by atoms with Crippen molar-refractivity contribution < 1.29 is 13.5 Å². The maximum Gasteiger partial charge on any atom is 0.255 e. The van der Waals surface area contributed by atoms with Crippen molar-refractivity contribution in [3.8, 4) is 16.9 Å². The Morgan fingerprint density at radius 3 is 2.54 bits per heavy atom. The highest BCUT2D eigenvalue weighted by molar-refractivity contribution is 7.77. The van der Waals surface area contributed by atoms with E-state index >= 15 is 0 Å². The van der Waals surface area contributed by atoms with E-state index in [4.69, 9.17) is 4.74 Å². The zero-order chi connectivity index (χ0) is 17.9. The molecule has 0 aliphatic carbocycles. The van der Waals surface area contributed by atoms with E-state index in [1.165, 1.54) is 0 Å². The molecule has 0 spiro atoms. The van der Waals surface area contributed by atoms with E-state index in [0.29, 0.717) is 22.4 Å². The number of aromatic nitrogens is 1. The van der Waals surface area contributed by atoms with Crippen LogP contribution in [0.1, 0.15) is 31.9 Å². The fourth-order valence-electron chi connectivity index (χ4n) is 2.54. The Hall–Kier alpha value is -1.96. The molecule has 0 bridgehead atoms. The molecule has 1 unspecified atom stereocenters. The summed E-state index contributed by atoms with van der Waals surface area (Å²) in [5.74, 6) is 0.659. The number of rotatable bonds is 5. The molecule has 24 heavy (non-hydrogen) atoms. The second-order valence-electron chi connectivity index (χ2n) is 6.43. The van der Waals surface area contributed by atoms with Gasteiger partial charge in [-0.15, -0.1) is 0 Å². The third kappa shape index (κ3) is 4.11. The molecule has 0 aliphatic heterocycles. The summed E-state index contributed by atoms with van der Waals surface area (Å²) in [6, 6.07) is 7.13. The summed E-state index contributed by atoms with van der Waals surface area (Å²) < 4.78 is 29.5. The van der Waals surface area contributed by atoms with Crippen molar-refractivity contribution in [1.29, 1.82) is 0 Å². The molecular formula is C17H21N2O4S-. The maximum atomic E-state index is 12.2. The molecule has 2 rings (SSSR count). The lowest BCUT2D eigenvalue weighted by Gasteiger charge is -2.25. The number of aromatic amines is 1. The van der Waals surface area contributed by atoms with Crippen LogP contribution in [-0.4, -0.2) is 20.9 Å². The number of methoxy groups -OCH3 is 1. The van der Waals surface area contributed by atoms with Crippen molar-refractivity contribution in [2.75, 3.05) is 7.11 Å². The Morgan fingerprint density at radius 2 is 2.00 bits per heavy atom. The number of H-pyrrole nitrogens is 1. The third-order valence-electron chi connectivity index (χ3n) is 3.72. The Balaban J connectivity index is 2.70. The summed E-state index contributed by atoms with van der Waals surface area (Å²) >= 11 is -2.39. The van der Waals surface area contributed by atoms with Gasteiger partial charge >= 0.3 is 0 Å². The van der Waals surface area contributed by atoms with E-state index in [2.05, 4.69) is 30.5 Å². The summed E-state index contributed by atoms with van der Waals surface area (Å²) in [5, 5.41) is 0. The van der Waals surface area contributed by atoms with Gasteiger partial charge in [-0.3, -0.25) is 9.00 Å². The van der Waals surface area contributed by atoms with Gasteiger partial charge in [-0.25, -0.2) is 4.72 Å². The van der Waals surface area contributed by atoms with Crippen molar-refractivity contribution in [3.63, 3.8) is 0 Å². The molecule has 1 aromatic heterocycles. The van der Waals surface area contributed by atoms with Gasteiger partial charge in [0.1, 0.15) is 5.75 Å². The molecule has 1 aromatic carbocycles. The Bertz CT molecular complexity index is 809. The standard InChI is InChI=1S/C17H22N2O4S/c1-17(2,3)14-9-13(12-6-5-7-18-16(12)20)11(8-15(14)23-4)10-19-24(21)22/h5-9,19H,10H2,1-4H3,(H,18,20)(H,21,22)/p-1. The molecule has 2 aromatic rings. The normalized spacial score (nSPS) is 12.9. The second-order valence-corrected chi connectivity index (χ2v) is 7.19. The molecule has 130 valence electrons. The van der Waals surface area contributed by atoms with Crippen molar-refractivity contribution >= 4 is 11.3 Å². The minimum atomic E-state index is -2.39. The van der Waals surface area contributed by atoms with Crippen LogP contribution in [0.5, 0.6) is 5.75 Å². The van der Waals surface area contributed by atoms with Gasteiger partial charge in [0.05, 0.1) is 7.11 Å². The molecule has 0 radical (unpaired) electrons. The average molecular weight is 349 g/mol. The van der Waals surface area contributed by atoms with Crippen LogP contribution < -0.4 is 15.0 Å². The molecule has 0 fully saturated rings. The van der Waals surface area contributed by atoms with E-state index in [1.807, 2.05) is 6.07 Å². The summed E-state index contributed by atoms with van der Waals surface area (Å²) in [5.41, 5.74) is 2.34. The SMILES string of the molecule is COc1cc(CNS(=O)[O-])c(-c2ccc[nH]c2=O)cc1C(C)(C)C. The van der Waals surface area contributed by atoms with Gasteiger partial charge in [0.2, 0.25) is 0 Å². The minimum Gasteiger partial charge on any atom is -0.760 e. The Kier molecular flexibility index (Phi) is 5.58. The zero-order valence-corrected chi connectivity index (χ0v) is 15.0. The monoisotopic (exact) mass is 349 g/mol. The Morgan fingerprint density at radius 1 is 1.29 bits per heavy atom. The predicted molar refractivity (Wildman–Crippen MR) is 93.5 cm³/mol. The van der Waals surface area contributed by atoms with Crippen LogP contribution in [0.3, 0.4) is 0 Å². The second kappa shape index (κ2) is 7.29. The first kappa shape index (κ1) is 18.4. The van der Waals surface area contributed by atoms with Gasteiger partial charge in [0, 0.05) is 35.1 Å². The number of hydrogen-bond acceptors (Lipinski definition) is 4. The van der Waals surface area contributed by atoms with Gasteiger partial charge in [-0.05, 0) is 40.8 Å². The molecular weight excluding hydrogens is 328 g/mol. The van der Waals surface area contributed by atoms with Crippen molar-refractivity contribution in [1.82, 2.24) is 9.71 Å². The molecule has 1 heterocycles. The fraction of sp³-hybridized carbons (Fsp3) is 0.353. The number of hydrogen-bond donors (Lipinski definition) is 2. The highest BCUT2D eigenvalue weighted by atomic mass is 32.2. The lowest BCUT2D eigenvalue weighted by molar-refractivity contribution is 0.397. The first-order valence-electron chi connectivity index (χ1n) is 7.46. The number of pyridine rings is 1. The Labute approximate surface area is 143 Å². The van der Waals surface area contributed by atoms with Gasteiger partial charge in [-0.1, -0.05) is 20.8 Å². The minimum absolute atomic E-state index is 0.0700. The predicted octanol–water partition coefficient (Wildman–Crippen LogP) is 2.23. The summed E-state index contributed by atoms with van der Waals surface area (Å²) in [4.78, 5) is 14.8. The van der Waals surface area contributed by atoms with Crippen LogP contribution in [0.4, 0.5) is 0 Å². The maximum absolute atomic E-state index is 12.2. The first-order chi connectivity index (χ1) is 11.2. The number of ether oxygens (including phenoxy) is 1. The summed E-state index contributed by atoms with van der Waals surface area (Å²) in [6.07, 6.45) is 1.56. The molecule has 2 N–H and O–H groups in total. The molecule has 0 aliphatic rings. The quantitative estimate of drug-likeness (QED) is 0.809. The van der Waals surface area contributed by atoms with Crippen molar-refractivity contribution in [2.24, 2.45) is 0 Å². The molecule has 7 heteroatoms. The number of nitrogens with one attached hydrogen (secondary N) is 2. The average Bonchev–Trinajstić information content (AvgIpc) is 2.51. The van der Waals surface area contributed by atoms with Crippen molar-refractivity contribution in [2.45, 2.75) is 32.7 Å².